The summed E-state index contributed by atoms with van der Waals surface area (Å²) in [6.07, 6.45) is 3.32. The Hall–Kier alpha value is -1.60. The highest BCUT2D eigenvalue weighted by molar-refractivity contribution is 6.32. The van der Waals surface area contributed by atoms with Crippen LogP contribution >= 0.6 is 11.6 Å². The van der Waals surface area contributed by atoms with Gasteiger partial charge >= 0.3 is 0 Å². The highest BCUT2D eigenvalue weighted by atomic mass is 35.5. The molecule has 2 aromatic heterocycles. The zero-order valence-corrected chi connectivity index (χ0v) is 7.58. The van der Waals surface area contributed by atoms with Crippen molar-refractivity contribution < 1.29 is 0 Å². The van der Waals surface area contributed by atoms with Gasteiger partial charge in [-0.3, -0.25) is 0 Å². The number of imidazole rings is 1. The van der Waals surface area contributed by atoms with Gasteiger partial charge in [0, 0.05) is 6.20 Å². The Morgan fingerprint density at radius 2 is 2.38 bits per heavy atom. The molecule has 0 fully saturated rings. The van der Waals surface area contributed by atoms with Gasteiger partial charge < -0.3 is 4.40 Å². The second-order valence-corrected chi connectivity index (χ2v) is 2.99. The van der Waals surface area contributed by atoms with Crippen LogP contribution in [-0.2, 0) is 0 Å². The fraction of sp³-hybridized carbons (Fsp3) is 0.125. The average Bonchev–Trinajstić information content (AvgIpc) is 2.47. The molecule has 0 aliphatic heterocycles. The van der Waals surface area contributed by atoms with E-state index in [1.165, 1.54) is 0 Å². The van der Waals surface area contributed by atoms with E-state index in [2.05, 4.69) is 9.97 Å². The van der Waals surface area contributed by atoms with Crippen molar-refractivity contribution in [1.29, 1.82) is 5.26 Å². The van der Waals surface area contributed by atoms with Gasteiger partial charge in [-0.2, -0.15) is 5.26 Å². The van der Waals surface area contributed by atoms with Crippen molar-refractivity contribution in [2.24, 2.45) is 0 Å². The lowest BCUT2D eigenvalue weighted by Crippen LogP contribution is -1.90. The number of rotatable bonds is 0. The molecule has 0 atom stereocenters. The molecular formula is C8H5ClN4. The third-order valence-electron chi connectivity index (χ3n) is 1.70. The predicted molar refractivity (Wildman–Crippen MR) is 47.4 cm³/mol. The van der Waals surface area contributed by atoms with Gasteiger partial charge in [-0.05, 0) is 6.92 Å². The second kappa shape index (κ2) is 2.71. The van der Waals surface area contributed by atoms with Crippen molar-refractivity contribution in [3.63, 3.8) is 0 Å². The minimum atomic E-state index is 0.303. The number of aromatic nitrogens is 3. The topological polar surface area (TPSA) is 54.0 Å². The third kappa shape index (κ3) is 1.14. The lowest BCUT2D eigenvalue weighted by atomic mass is 10.4. The number of halogens is 1. The van der Waals surface area contributed by atoms with Crippen LogP contribution in [0, 0.1) is 18.3 Å². The second-order valence-electron chi connectivity index (χ2n) is 2.63. The molecule has 0 radical (unpaired) electrons. The standard InChI is InChI=1S/C8H5ClN4/c1-5-3-13-4-11-6(2-10)7(13)8(9)12-5/h3-4H,1H3. The summed E-state index contributed by atoms with van der Waals surface area (Å²) in [5.74, 6) is 0. The van der Waals surface area contributed by atoms with Crippen LogP contribution in [-0.4, -0.2) is 14.4 Å². The summed E-state index contributed by atoms with van der Waals surface area (Å²) in [5.41, 5.74) is 1.66. The van der Waals surface area contributed by atoms with Crippen LogP contribution in [0.5, 0.6) is 0 Å². The average molecular weight is 193 g/mol. The molecule has 0 N–H and O–H groups in total. The lowest BCUT2D eigenvalue weighted by molar-refractivity contribution is 1.07. The first-order valence-corrected chi connectivity index (χ1v) is 4.00. The van der Waals surface area contributed by atoms with E-state index in [0.717, 1.165) is 5.69 Å². The summed E-state index contributed by atoms with van der Waals surface area (Å²) >= 11 is 5.86. The number of nitrogens with zero attached hydrogens (tertiary/aromatic N) is 4. The van der Waals surface area contributed by atoms with E-state index in [1.807, 2.05) is 13.0 Å². The molecule has 0 aromatic carbocycles. The van der Waals surface area contributed by atoms with Crippen LogP contribution in [0.2, 0.25) is 5.15 Å². The fourth-order valence-electron chi connectivity index (χ4n) is 1.18. The number of aryl methyl sites for hydroxylation is 1. The number of fused-ring (bicyclic) bond motifs is 1. The number of hydrogen-bond acceptors (Lipinski definition) is 3. The molecular weight excluding hydrogens is 188 g/mol. The quantitative estimate of drug-likeness (QED) is 0.637. The maximum atomic E-state index is 8.71. The van der Waals surface area contributed by atoms with Gasteiger partial charge in [0.25, 0.3) is 0 Å². The molecule has 2 rings (SSSR count). The molecule has 0 saturated heterocycles. The van der Waals surface area contributed by atoms with Gasteiger partial charge in [-0.15, -0.1) is 0 Å². The minimum absolute atomic E-state index is 0.303. The molecule has 13 heavy (non-hydrogen) atoms. The van der Waals surface area contributed by atoms with Crippen molar-refractivity contribution >= 4 is 17.1 Å². The van der Waals surface area contributed by atoms with Crippen LogP contribution in [0.1, 0.15) is 11.4 Å². The first-order valence-electron chi connectivity index (χ1n) is 3.62. The molecule has 0 aliphatic carbocycles. The van der Waals surface area contributed by atoms with Crippen LogP contribution in [0.4, 0.5) is 0 Å². The molecule has 0 amide bonds. The van der Waals surface area contributed by atoms with Gasteiger partial charge in [0.2, 0.25) is 0 Å². The summed E-state index contributed by atoms with van der Waals surface area (Å²) in [7, 11) is 0. The monoisotopic (exact) mass is 192 g/mol. The third-order valence-corrected chi connectivity index (χ3v) is 1.96. The minimum Gasteiger partial charge on any atom is -0.301 e. The zero-order chi connectivity index (χ0) is 9.42. The Balaban J connectivity index is 2.92. The van der Waals surface area contributed by atoms with E-state index in [9.17, 15) is 0 Å². The summed E-state index contributed by atoms with van der Waals surface area (Å²) in [4.78, 5) is 7.93. The Labute approximate surface area is 79.4 Å². The first-order chi connectivity index (χ1) is 6.22. The SMILES string of the molecule is Cc1cn2cnc(C#N)c2c(Cl)n1. The molecule has 0 aliphatic rings. The van der Waals surface area contributed by atoms with Crippen LogP contribution in [0.25, 0.3) is 5.52 Å². The van der Waals surface area contributed by atoms with E-state index < -0.39 is 0 Å². The van der Waals surface area contributed by atoms with Gasteiger partial charge in [0.05, 0.1) is 5.69 Å². The lowest BCUT2D eigenvalue weighted by Gasteiger charge is -1.97. The van der Waals surface area contributed by atoms with Crippen LogP contribution < -0.4 is 0 Å². The van der Waals surface area contributed by atoms with Crippen molar-refractivity contribution in [2.45, 2.75) is 6.92 Å². The molecule has 0 saturated carbocycles. The van der Waals surface area contributed by atoms with Gasteiger partial charge in [0.15, 0.2) is 10.8 Å². The Morgan fingerprint density at radius 3 is 3.08 bits per heavy atom. The van der Waals surface area contributed by atoms with E-state index in [0.29, 0.717) is 16.4 Å². The number of nitriles is 1. The summed E-state index contributed by atoms with van der Waals surface area (Å²) < 4.78 is 1.70. The highest BCUT2D eigenvalue weighted by Gasteiger charge is 2.08. The fourth-order valence-corrected chi connectivity index (χ4v) is 1.50. The Bertz CT molecular complexity index is 509. The molecule has 64 valence electrons. The van der Waals surface area contributed by atoms with Crippen molar-refractivity contribution in [2.75, 3.05) is 0 Å². The molecule has 0 unspecified atom stereocenters. The molecule has 2 heterocycles. The van der Waals surface area contributed by atoms with Crippen molar-refractivity contribution in [3.05, 3.63) is 29.1 Å². The largest absolute Gasteiger partial charge is 0.301 e. The van der Waals surface area contributed by atoms with E-state index >= 15 is 0 Å². The van der Waals surface area contributed by atoms with Crippen LogP contribution in [0.15, 0.2) is 12.5 Å². The van der Waals surface area contributed by atoms with Crippen molar-refractivity contribution in [1.82, 2.24) is 14.4 Å². The Kier molecular flexibility index (Phi) is 1.67. The normalized spacial score (nSPS) is 10.2. The van der Waals surface area contributed by atoms with Gasteiger partial charge in [0.1, 0.15) is 17.9 Å². The van der Waals surface area contributed by atoms with Gasteiger partial charge in [-0.1, -0.05) is 11.6 Å². The molecule has 5 heteroatoms. The predicted octanol–water partition coefficient (Wildman–Crippen LogP) is 1.56. The zero-order valence-electron chi connectivity index (χ0n) is 6.82. The Morgan fingerprint density at radius 1 is 1.62 bits per heavy atom. The maximum Gasteiger partial charge on any atom is 0.169 e. The highest BCUT2D eigenvalue weighted by Crippen LogP contribution is 2.18. The van der Waals surface area contributed by atoms with E-state index in [-0.39, 0.29) is 0 Å². The van der Waals surface area contributed by atoms with E-state index in [1.54, 1.807) is 16.9 Å². The summed E-state index contributed by atoms with van der Waals surface area (Å²) in [6.45, 7) is 1.83. The maximum absolute atomic E-state index is 8.71. The van der Waals surface area contributed by atoms with Crippen LogP contribution in [0.3, 0.4) is 0 Å². The number of hydrogen-bond donors (Lipinski definition) is 0. The van der Waals surface area contributed by atoms with Gasteiger partial charge in [-0.25, -0.2) is 9.97 Å². The first kappa shape index (κ1) is 8.02. The van der Waals surface area contributed by atoms with E-state index in [4.69, 9.17) is 16.9 Å². The smallest absolute Gasteiger partial charge is 0.169 e. The summed E-state index contributed by atoms with van der Waals surface area (Å²) in [5, 5.41) is 9.02. The molecule has 0 bridgehead atoms. The molecule has 0 spiro atoms. The van der Waals surface area contributed by atoms with Crippen molar-refractivity contribution in [3.8, 4) is 6.07 Å². The summed E-state index contributed by atoms with van der Waals surface area (Å²) in [6, 6.07) is 1.95. The molecule has 2 aromatic rings. The molecule has 4 nitrogen and oxygen atoms in total.